The lowest BCUT2D eigenvalue weighted by Gasteiger charge is -2.32. The smallest absolute Gasteiger partial charge is 0.195 e. The van der Waals surface area contributed by atoms with Crippen molar-refractivity contribution >= 4 is 11.6 Å². The molecule has 6 nitrogen and oxygen atoms in total. The number of benzene rings is 2. The maximum absolute atomic E-state index is 6.14. The summed E-state index contributed by atoms with van der Waals surface area (Å²) in [5, 5.41) is 6.84. The number of fused-ring (bicyclic) bond motifs is 1. The summed E-state index contributed by atoms with van der Waals surface area (Å²) in [7, 11) is 1.78. The molecule has 2 aromatic rings. The van der Waals surface area contributed by atoms with Gasteiger partial charge in [0.25, 0.3) is 0 Å². The van der Waals surface area contributed by atoms with E-state index in [1.54, 1.807) is 7.05 Å². The molecule has 0 saturated carbocycles. The Bertz CT molecular complexity index is 866. The van der Waals surface area contributed by atoms with Gasteiger partial charge in [-0.15, -0.1) is 0 Å². The number of guanidine groups is 1. The average Bonchev–Trinajstić information content (AvgIpc) is 3.02. The van der Waals surface area contributed by atoms with Gasteiger partial charge in [-0.1, -0.05) is 29.8 Å². The fourth-order valence-electron chi connectivity index (χ4n) is 3.96. The molecule has 0 spiro atoms. The molecule has 0 aliphatic carbocycles. The van der Waals surface area contributed by atoms with Gasteiger partial charge in [0.05, 0.1) is 19.3 Å². The number of nitrogens with one attached hydrogen (secondary N) is 2. The highest BCUT2D eigenvalue weighted by atomic mass is 16.5. The lowest BCUT2D eigenvalue weighted by molar-refractivity contribution is -0.0264. The van der Waals surface area contributed by atoms with Crippen LogP contribution < -0.4 is 20.1 Å². The summed E-state index contributed by atoms with van der Waals surface area (Å²) in [6.45, 7) is 5.09. The van der Waals surface area contributed by atoms with E-state index >= 15 is 0 Å². The molecule has 1 fully saturated rings. The van der Waals surface area contributed by atoms with Gasteiger partial charge in [-0.2, -0.15) is 0 Å². The van der Waals surface area contributed by atoms with E-state index in [-0.39, 0.29) is 6.10 Å². The number of aryl methyl sites for hydroxylation is 1. The largest absolute Gasteiger partial charge is 0.490 e. The second kappa shape index (κ2) is 9.85. The second-order valence-corrected chi connectivity index (χ2v) is 7.89. The Morgan fingerprint density at radius 3 is 2.60 bits per heavy atom. The van der Waals surface area contributed by atoms with E-state index in [4.69, 9.17) is 14.2 Å². The van der Waals surface area contributed by atoms with Crippen molar-refractivity contribution in [1.82, 2.24) is 5.32 Å². The van der Waals surface area contributed by atoms with Gasteiger partial charge in [-0.3, -0.25) is 4.99 Å². The molecule has 0 bridgehead atoms. The van der Waals surface area contributed by atoms with Crippen molar-refractivity contribution in [3.05, 3.63) is 53.6 Å². The Labute approximate surface area is 178 Å². The molecule has 1 saturated heterocycles. The number of anilines is 1. The highest BCUT2D eigenvalue weighted by Crippen LogP contribution is 2.34. The molecule has 0 amide bonds. The molecule has 2 atom stereocenters. The third-order valence-electron chi connectivity index (χ3n) is 5.62. The van der Waals surface area contributed by atoms with Gasteiger partial charge < -0.3 is 24.8 Å². The van der Waals surface area contributed by atoms with E-state index in [0.717, 1.165) is 55.6 Å². The lowest BCUT2D eigenvalue weighted by Crippen LogP contribution is -2.38. The van der Waals surface area contributed by atoms with Crippen LogP contribution in [0.5, 0.6) is 11.5 Å². The Kier molecular flexibility index (Phi) is 6.74. The Hall–Kier alpha value is -2.73. The van der Waals surface area contributed by atoms with Crippen molar-refractivity contribution in [3.63, 3.8) is 0 Å². The number of nitrogens with zero attached hydrogens (tertiary/aromatic N) is 1. The first kappa shape index (κ1) is 20.5. The van der Waals surface area contributed by atoms with Crippen molar-refractivity contribution in [2.75, 3.05) is 38.7 Å². The minimum absolute atomic E-state index is 0.114. The minimum atomic E-state index is 0.114. The quantitative estimate of drug-likeness (QED) is 0.582. The monoisotopic (exact) mass is 409 g/mol. The molecule has 2 aliphatic heterocycles. The zero-order valence-electron chi connectivity index (χ0n) is 17.8. The molecule has 2 N–H and O–H groups in total. The first-order valence-electron chi connectivity index (χ1n) is 10.8. The van der Waals surface area contributed by atoms with Gasteiger partial charge in [0, 0.05) is 44.3 Å². The summed E-state index contributed by atoms with van der Waals surface area (Å²) < 4.78 is 17.6. The van der Waals surface area contributed by atoms with Crippen LogP contribution in [0.25, 0.3) is 0 Å². The first-order chi connectivity index (χ1) is 14.7. The highest BCUT2D eigenvalue weighted by Gasteiger charge is 2.27. The summed E-state index contributed by atoms with van der Waals surface area (Å²) in [6.07, 6.45) is 3.23. The van der Waals surface area contributed by atoms with Crippen LogP contribution in [0.3, 0.4) is 0 Å². The molecule has 30 heavy (non-hydrogen) atoms. The molecule has 2 aromatic carbocycles. The molecule has 2 aliphatic rings. The molecule has 2 unspecified atom stereocenters. The van der Waals surface area contributed by atoms with Crippen LogP contribution in [-0.4, -0.2) is 39.4 Å². The number of hydrogen-bond donors (Lipinski definition) is 2. The summed E-state index contributed by atoms with van der Waals surface area (Å²) in [5.74, 6) is 2.69. The molecular formula is C24H31N3O3. The molecule has 0 radical (unpaired) electrons. The van der Waals surface area contributed by atoms with Crippen LogP contribution in [-0.2, 0) is 4.74 Å². The van der Waals surface area contributed by atoms with Crippen LogP contribution >= 0.6 is 0 Å². The standard InChI is InChI=1S/C24H31N3O3/c1-17-6-8-18(9-7-17)23-19(5-3-12-30-23)16-26-24(25-2)27-20-10-11-21-22(15-20)29-14-4-13-28-21/h6-11,15,19,23H,3-5,12-14,16H2,1-2H3,(H2,25,26,27). The molecule has 2 heterocycles. The van der Waals surface area contributed by atoms with Gasteiger partial charge in [-0.25, -0.2) is 0 Å². The first-order valence-corrected chi connectivity index (χ1v) is 10.8. The van der Waals surface area contributed by atoms with E-state index in [1.807, 2.05) is 18.2 Å². The number of hydrogen-bond acceptors (Lipinski definition) is 4. The van der Waals surface area contributed by atoms with Crippen LogP contribution in [0.15, 0.2) is 47.5 Å². The molecule has 4 rings (SSSR count). The Balaban J connectivity index is 1.39. The SMILES string of the molecule is CN=C(NCC1CCCOC1c1ccc(C)cc1)Nc1ccc2c(c1)OCCCO2. The van der Waals surface area contributed by atoms with E-state index in [9.17, 15) is 0 Å². The van der Waals surface area contributed by atoms with E-state index in [0.29, 0.717) is 19.1 Å². The van der Waals surface area contributed by atoms with E-state index in [2.05, 4.69) is 46.8 Å². The number of rotatable bonds is 4. The third-order valence-corrected chi connectivity index (χ3v) is 5.62. The molecule has 160 valence electrons. The highest BCUT2D eigenvalue weighted by molar-refractivity contribution is 5.93. The molecule has 6 heteroatoms. The lowest BCUT2D eigenvalue weighted by atomic mass is 9.89. The van der Waals surface area contributed by atoms with Crippen molar-refractivity contribution in [2.24, 2.45) is 10.9 Å². The third kappa shape index (κ3) is 5.05. The predicted octanol–water partition coefficient (Wildman–Crippen LogP) is 4.31. The minimum Gasteiger partial charge on any atom is -0.490 e. The van der Waals surface area contributed by atoms with Gasteiger partial charge >= 0.3 is 0 Å². The maximum Gasteiger partial charge on any atom is 0.195 e. The Morgan fingerprint density at radius 2 is 1.80 bits per heavy atom. The predicted molar refractivity (Wildman–Crippen MR) is 120 cm³/mol. The van der Waals surface area contributed by atoms with E-state index in [1.165, 1.54) is 11.1 Å². The second-order valence-electron chi connectivity index (χ2n) is 7.89. The Morgan fingerprint density at radius 1 is 1.00 bits per heavy atom. The normalized spacial score (nSPS) is 21.6. The number of ether oxygens (including phenoxy) is 3. The number of aliphatic imine (C=N–C) groups is 1. The van der Waals surface area contributed by atoms with Crippen LogP contribution in [0, 0.1) is 12.8 Å². The van der Waals surface area contributed by atoms with E-state index < -0.39 is 0 Å². The van der Waals surface area contributed by atoms with Crippen LogP contribution in [0.1, 0.15) is 36.5 Å². The summed E-state index contributed by atoms with van der Waals surface area (Å²) in [4.78, 5) is 4.39. The van der Waals surface area contributed by atoms with Gasteiger partial charge in [-0.05, 0) is 37.5 Å². The topological polar surface area (TPSA) is 64.1 Å². The zero-order chi connectivity index (χ0) is 20.8. The average molecular weight is 410 g/mol. The summed E-state index contributed by atoms with van der Waals surface area (Å²) in [5.41, 5.74) is 3.43. The fourth-order valence-corrected chi connectivity index (χ4v) is 3.96. The van der Waals surface area contributed by atoms with Crippen molar-refractivity contribution in [1.29, 1.82) is 0 Å². The molecular weight excluding hydrogens is 378 g/mol. The van der Waals surface area contributed by atoms with Crippen molar-refractivity contribution < 1.29 is 14.2 Å². The zero-order valence-corrected chi connectivity index (χ0v) is 17.8. The fraction of sp³-hybridized carbons (Fsp3) is 0.458. The summed E-state index contributed by atoms with van der Waals surface area (Å²) in [6, 6.07) is 14.6. The van der Waals surface area contributed by atoms with Crippen molar-refractivity contribution in [3.8, 4) is 11.5 Å². The van der Waals surface area contributed by atoms with Crippen LogP contribution in [0.2, 0.25) is 0 Å². The molecule has 0 aromatic heterocycles. The van der Waals surface area contributed by atoms with Gasteiger partial charge in [0.15, 0.2) is 17.5 Å². The van der Waals surface area contributed by atoms with Gasteiger partial charge in [0.2, 0.25) is 0 Å². The van der Waals surface area contributed by atoms with Gasteiger partial charge in [0.1, 0.15) is 0 Å². The van der Waals surface area contributed by atoms with Crippen LogP contribution in [0.4, 0.5) is 5.69 Å². The summed E-state index contributed by atoms with van der Waals surface area (Å²) >= 11 is 0. The maximum atomic E-state index is 6.14. The van der Waals surface area contributed by atoms with Crippen molar-refractivity contribution in [2.45, 2.75) is 32.3 Å².